The Morgan fingerprint density at radius 1 is 1.32 bits per heavy atom. The molecule has 106 valence electrons. The van der Waals surface area contributed by atoms with Crippen LogP contribution in [0.2, 0.25) is 25.7 Å². The fourth-order valence-electron chi connectivity index (χ4n) is 1.53. The van der Waals surface area contributed by atoms with E-state index in [1.165, 1.54) is 0 Å². The number of hydrogen-bond acceptors (Lipinski definition) is 4. The van der Waals surface area contributed by atoms with E-state index < -0.39 is 14.1 Å². The van der Waals surface area contributed by atoms with Crippen LogP contribution in [0.4, 0.5) is 0 Å². The van der Waals surface area contributed by atoms with Gasteiger partial charge >= 0.3 is 5.97 Å². The number of ether oxygens (including phenoxy) is 1. The fraction of sp³-hybridized carbons (Fsp3) is 0.500. The molecule has 1 rings (SSSR count). The highest BCUT2D eigenvalue weighted by Crippen LogP contribution is 2.12. The van der Waals surface area contributed by atoms with Crippen LogP contribution in [0.5, 0.6) is 5.75 Å². The van der Waals surface area contributed by atoms with Crippen LogP contribution in [0.25, 0.3) is 0 Å². The molecule has 0 bridgehead atoms. The Balaban J connectivity index is 2.38. The SMILES string of the molecule is C[Si](C)(C)CCOC(=O)[C@@H](N)Cc1ccc(O)cc1. The molecule has 3 N–H and O–H groups in total. The summed E-state index contributed by atoms with van der Waals surface area (Å²) >= 11 is 0. The summed E-state index contributed by atoms with van der Waals surface area (Å²) in [6, 6.07) is 6.97. The summed E-state index contributed by atoms with van der Waals surface area (Å²) in [4.78, 5) is 11.7. The summed E-state index contributed by atoms with van der Waals surface area (Å²) in [5, 5.41) is 9.17. The zero-order chi connectivity index (χ0) is 14.5. The predicted octanol–water partition coefficient (Wildman–Crippen LogP) is 2.14. The second-order valence-electron chi connectivity index (χ2n) is 5.96. The van der Waals surface area contributed by atoms with Crippen LogP contribution < -0.4 is 5.73 Å². The minimum absolute atomic E-state index is 0.204. The van der Waals surface area contributed by atoms with Crippen LogP contribution in [-0.2, 0) is 16.0 Å². The summed E-state index contributed by atoms with van der Waals surface area (Å²) in [5.41, 5.74) is 6.72. The van der Waals surface area contributed by atoms with E-state index in [0.717, 1.165) is 11.6 Å². The van der Waals surface area contributed by atoms with E-state index in [9.17, 15) is 9.90 Å². The predicted molar refractivity (Wildman–Crippen MR) is 78.9 cm³/mol. The van der Waals surface area contributed by atoms with Gasteiger partial charge in [0.1, 0.15) is 11.8 Å². The average molecular weight is 281 g/mol. The van der Waals surface area contributed by atoms with Crippen LogP contribution in [0.3, 0.4) is 0 Å². The van der Waals surface area contributed by atoms with Gasteiger partial charge in [-0.25, -0.2) is 0 Å². The van der Waals surface area contributed by atoms with Crippen LogP contribution in [0, 0.1) is 0 Å². The molecule has 0 aliphatic rings. The second kappa shape index (κ2) is 6.72. The van der Waals surface area contributed by atoms with E-state index in [-0.39, 0.29) is 11.7 Å². The molecule has 1 aromatic rings. The number of benzene rings is 1. The zero-order valence-electron chi connectivity index (χ0n) is 11.8. The molecule has 0 aliphatic heterocycles. The normalized spacial score (nSPS) is 13.1. The van der Waals surface area contributed by atoms with Crippen molar-refractivity contribution in [3.05, 3.63) is 29.8 Å². The van der Waals surface area contributed by atoms with Gasteiger partial charge in [-0.1, -0.05) is 31.8 Å². The third-order valence-electron chi connectivity index (χ3n) is 2.79. The first-order chi connectivity index (χ1) is 8.78. The summed E-state index contributed by atoms with van der Waals surface area (Å²) < 4.78 is 5.20. The average Bonchev–Trinajstić information content (AvgIpc) is 2.30. The van der Waals surface area contributed by atoms with Crippen molar-refractivity contribution >= 4 is 14.0 Å². The highest BCUT2D eigenvalue weighted by Gasteiger charge is 2.18. The Morgan fingerprint density at radius 3 is 2.42 bits per heavy atom. The minimum atomic E-state index is -1.19. The highest BCUT2D eigenvalue weighted by molar-refractivity contribution is 6.76. The molecular weight excluding hydrogens is 258 g/mol. The van der Waals surface area contributed by atoms with E-state index in [4.69, 9.17) is 10.5 Å². The van der Waals surface area contributed by atoms with Crippen LogP contribution in [-0.4, -0.2) is 31.8 Å². The van der Waals surface area contributed by atoms with E-state index in [2.05, 4.69) is 19.6 Å². The lowest BCUT2D eigenvalue weighted by atomic mass is 10.1. The molecule has 0 saturated heterocycles. The summed E-state index contributed by atoms with van der Waals surface area (Å²) in [6.07, 6.45) is 0.423. The first-order valence-corrected chi connectivity index (χ1v) is 10.2. The lowest BCUT2D eigenvalue weighted by Gasteiger charge is -2.17. The van der Waals surface area contributed by atoms with Crippen molar-refractivity contribution in [3.63, 3.8) is 0 Å². The van der Waals surface area contributed by atoms with E-state index in [1.54, 1.807) is 24.3 Å². The van der Waals surface area contributed by atoms with Gasteiger partial charge < -0.3 is 15.6 Å². The molecule has 0 radical (unpaired) electrons. The number of nitrogens with two attached hydrogens (primary N) is 1. The van der Waals surface area contributed by atoms with Crippen molar-refractivity contribution in [2.24, 2.45) is 5.73 Å². The Hall–Kier alpha value is -1.33. The van der Waals surface area contributed by atoms with E-state index in [1.807, 2.05) is 0 Å². The Kier molecular flexibility index (Phi) is 5.56. The molecule has 5 heteroatoms. The summed E-state index contributed by atoms with van der Waals surface area (Å²) in [7, 11) is -1.19. The van der Waals surface area contributed by atoms with Crippen molar-refractivity contribution < 1.29 is 14.6 Å². The standard InChI is InChI=1S/C14H23NO3Si/c1-19(2,3)9-8-18-14(17)13(15)10-11-4-6-12(16)7-5-11/h4-7,13,16H,8-10,15H2,1-3H3/t13-/m0/s1. The zero-order valence-corrected chi connectivity index (χ0v) is 12.8. The molecule has 0 saturated carbocycles. The van der Waals surface area contributed by atoms with Crippen LogP contribution in [0.15, 0.2) is 24.3 Å². The number of phenolic OH excluding ortho intramolecular Hbond substituents is 1. The maximum absolute atomic E-state index is 11.7. The van der Waals surface area contributed by atoms with Gasteiger partial charge in [-0.15, -0.1) is 0 Å². The molecule has 0 aromatic heterocycles. The number of carbonyl (C=O) groups excluding carboxylic acids is 1. The maximum atomic E-state index is 11.7. The van der Waals surface area contributed by atoms with Crippen LogP contribution >= 0.6 is 0 Å². The topological polar surface area (TPSA) is 72.5 Å². The Morgan fingerprint density at radius 2 is 1.89 bits per heavy atom. The van der Waals surface area contributed by atoms with Crippen molar-refractivity contribution in [2.75, 3.05) is 6.61 Å². The second-order valence-corrected chi connectivity index (χ2v) is 11.6. The van der Waals surface area contributed by atoms with Crippen LogP contribution in [0.1, 0.15) is 5.56 Å². The van der Waals surface area contributed by atoms with Gasteiger partial charge in [0.25, 0.3) is 0 Å². The number of esters is 1. The molecule has 0 unspecified atom stereocenters. The van der Waals surface area contributed by atoms with Gasteiger partial charge in [0.2, 0.25) is 0 Å². The molecule has 0 spiro atoms. The Bertz CT molecular complexity index is 412. The largest absolute Gasteiger partial charge is 0.508 e. The van der Waals surface area contributed by atoms with E-state index in [0.29, 0.717) is 13.0 Å². The molecule has 1 atom stereocenters. The van der Waals surface area contributed by atoms with Gasteiger partial charge in [-0.3, -0.25) is 4.79 Å². The molecule has 0 aliphatic carbocycles. The number of phenols is 1. The molecule has 0 amide bonds. The third-order valence-corrected chi connectivity index (χ3v) is 4.50. The molecule has 0 heterocycles. The van der Waals surface area contributed by atoms with Gasteiger partial charge in [0, 0.05) is 8.07 Å². The smallest absolute Gasteiger partial charge is 0.323 e. The number of rotatable bonds is 6. The van der Waals surface area contributed by atoms with Crippen molar-refractivity contribution in [1.82, 2.24) is 0 Å². The van der Waals surface area contributed by atoms with Gasteiger partial charge in [-0.05, 0) is 30.2 Å². The van der Waals surface area contributed by atoms with Crippen molar-refractivity contribution in [3.8, 4) is 5.75 Å². The molecule has 0 fully saturated rings. The van der Waals surface area contributed by atoms with Gasteiger partial charge in [-0.2, -0.15) is 0 Å². The molecule has 19 heavy (non-hydrogen) atoms. The first kappa shape index (κ1) is 15.7. The lowest BCUT2D eigenvalue weighted by molar-refractivity contribution is -0.144. The number of carbonyl (C=O) groups is 1. The van der Waals surface area contributed by atoms with Crippen molar-refractivity contribution in [1.29, 1.82) is 0 Å². The first-order valence-electron chi connectivity index (χ1n) is 6.48. The van der Waals surface area contributed by atoms with Gasteiger partial charge in [0.15, 0.2) is 0 Å². The summed E-state index contributed by atoms with van der Waals surface area (Å²) in [6.45, 7) is 7.16. The minimum Gasteiger partial charge on any atom is -0.508 e. The fourth-order valence-corrected chi connectivity index (χ4v) is 2.25. The van der Waals surface area contributed by atoms with Gasteiger partial charge in [0.05, 0.1) is 6.61 Å². The lowest BCUT2D eigenvalue weighted by Crippen LogP contribution is -2.35. The molecule has 4 nitrogen and oxygen atoms in total. The quantitative estimate of drug-likeness (QED) is 0.619. The summed E-state index contributed by atoms with van der Waals surface area (Å²) in [5.74, 6) is -0.152. The molecular formula is C14H23NO3Si. The third kappa shape index (κ3) is 6.40. The molecule has 1 aromatic carbocycles. The Labute approximate surface area is 115 Å². The highest BCUT2D eigenvalue weighted by atomic mass is 28.3. The number of hydrogen-bond donors (Lipinski definition) is 2. The monoisotopic (exact) mass is 281 g/mol. The van der Waals surface area contributed by atoms with E-state index >= 15 is 0 Å². The maximum Gasteiger partial charge on any atom is 0.323 e. The number of aromatic hydroxyl groups is 1. The van der Waals surface area contributed by atoms with Crippen molar-refractivity contribution in [2.45, 2.75) is 38.1 Å².